The molecule has 0 saturated carbocycles. The number of amides is 1. The van der Waals surface area contributed by atoms with Crippen molar-refractivity contribution in [3.8, 4) is 0 Å². The summed E-state index contributed by atoms with van der Waals surface area (Å²) in [5.74, 6) is -0.559. The van der Waals surface area contributed by atoms with Gasteiger partial charge in [0.1, 0.15) is 11.4 Å². The van der Waals surface area contributed by atoms with Crippen LogP contribution in [0, 0.1) is 20.2 Å². The van der Waals surface area contributed by atoms with Crippen molar-refractivity contribution in [1.29, 1.82) is 0 Å². The molecule has 154 valence electrons. The molecule has 9 nitrogen and oxygen atoms in total. The Hall–Kier alpha value is -4.11. The summed E-state index contributed by atoms with van der Waals surface area (Å²) in [7, 11) is 0. The zero-order chi connectivity index (χ0) is 22.1. The first kappa shape index (κ1) is 20.2. The number of amidine groups is 1. The quantitative estimate of drug-likeness (QED) is 0.429. The maximum absolute atomic E-state index is 12.9. The van der Waals surface area contributed by atoms with Gasteiger partial charge in [0, 0.05) is 22.3 Å². The number of benzene rings is 3. The number of aliphatic imine (C=N–C) groups is 1. The molecule has 3 aromatic rings. The number of hydrogen-bond donors (Lipinski definition) is 0. The van der Waals surface area contributed by atoms with Gasteiger partial charge in [-0.15, -0.1) is 0 Å². The summed E-state index contributed by atoms with van der Waals surface area (Å²) in [6, 6.07) is 17.2. The third-order valence-corrected chi connectivity index (χ3v) is 5.02. The number of nitrogens with zero attached hydrogens (tertiary/aromatic N) is 4. The van der Waals surface area contributed by atoms with Crippen molar-refractivity contribution in [1.82, 2.24) is 0 Å². The molecular weight excluding hydrogens is 424 g/mol. The van der Waals surface area contributed by atoms with Gasteiger partial charge in [-0.2, -0.15) is 4.99 Å². The van der Waals surface area contributed by atoms with E-state index in [9.17, 15) is 25.0 Å². The molecule has 1 amide bonds. The number of non-ortho nitro benzene ring substituents is 1. The summed E-state index contributed by atoms with van der Waals surface area (Å²) in [4.78, 5) is 39.7. The lowest BCUT2D eigenvalue weighted by Crippen LogP contribution is -2.25. The number of anilines is 1. The number of rotatable bonds is 4. The fourth-order valence-electron chi connectivity index (χ4n) is 3.37. The van der Waals surface area contributed by atoms with Gasteiger partial charge in [0.05, 0.1) is 22.5 Å². The summed E-state index contributed by atoms with van der Waals surface area (Å²) in [6.07, 6.45) is 0. The van der Waals surface area contributed by atoms with Crippen molar-refractivity contribution in [3.05, 3.63) is 109 Å². The van der Waals surface area contributed by atoms with Crippen molar-refractivity contribution in [3.63, 3.8) is 0 Å². The smallest absolute Gasteiger partial charge is 0.289 e. The van der Waals surface area contributed by atoms with Gasteiger partial charge in [0.15, 0.2) is 0 Å². The Morgan fingerprint density at radius 2 is 1.74 bits per heavy atom. The van der Waals surface area contributed by atoms with Crippen LogP contribution < -0.4 is 4.90 Å². The lowest BCUT2D eigenvalue weighted by molar-refractivity contribution is -0.394. The monoisotopic (exact) mass is 436 g/mol. The summed E-state index contributed by atoms with van der Waals surface area (Å²) in [6.45, 7) is 0.435. The van der Waals surface area contributed by atoms with Crippen LogP contribution in [-0.4, -0.2) is 21.6 Å². The van der Waals surface area contributed by atoms with Crippen molar-refractivity contribution < 1.29 is 14.6 Å². The molecule has 1 aliphatic heterocycles. The van der Waals surface area contributed by atoms with Crippen LogP contribution in [0.2, 0.25) is 5.02 Å². The first-order valence-electron chi connectivity index (χ1n) is 9.02. The molecule has 1 heterocycles. The summed E-state index contributed by atoms with van der Waals surface area (Å²) in [5, 5.41) is 22.9. The van der Waals surface area contributed by atoms with Crippen LogP contribution >= 0.6 is 11.6 Å². The van der Waals surface area contributed by atoms with Crippen molar-refractivity contribution in [2.75, 3.05) is 4.90 Å². The van der Waals surface area contributed by atoms with Gasteiger partial charge in [-0.05, 0) is 29.8 Å². The van der Waals surface area contributed by atoms with Gasteiger partial charge in [-0.25, -0.2) is 0 Å². The van der Waals surface area contributed by atoms with Gasteiger partial charge in [0.25, 0.3) is 17.3 Å². The van der Waals surface area contributed by atoms with Crippen molar-refractivity contribution in [2.24, 2.45) is 4.99 Å². The zero-order valence-corrected chi connectivity index (χ0v) is 16.5. The minimum absolute atomic E-state index is 0.315. The fourth-order valence-corrected chi connectivity index (χ4v) is 3.55. The van der Waals surface area contributed by atoms with Gasteiger partial charge in [-0.1, -0.05) is 41.9 Å². The standard InChI is InChI=1S/C21H13ClN4O5/c22-14-5-3-6-15(10-14)24-12-13-4-1-2-7-17(13)20(24)23-21(27)18-9-8-16(25(28)29)11-19(18)26(30)31/h1-11H,12H2. The molecule has 0 N–H and O–H groups in total. The lowest BCUT2D eigenvalue weighted by atomic mass is 10.1. The summed E-state index contributed by atoms with van der Waals surface area (Å²) < 4.78 is 0. The van der Waals surface area contributed by atoms with E-state index in [0.717, 1.165) is 23.8 Å². The Bertz CT molecular complexity index is 1270. The van der Waals surface area contributed by atoms with Crippen molar-refractivity contribution in [2.45, 2.75) is 6.54 Å². The largest absolute Gasteiger partial charge is 0.321 e. The Morgan fingerprint density at radius 3 is 2.45 bits per heavy atom. The highest BCUT2D eigenvalue weighted by atomic mass is 35.5. The van der Waals surface area contributed by atoms with Crippen LogP contribution in [0.5, 0.6) is 0 Å². The number of nitro benzene ring substituents is 2. The van der Waals surface area contributed by atoms with Gasteiger partial charge < -0.3 is 4.90 Å². The van der Waals surface area contributed by atoms with Crippen LogP contribution in [0.25, 0.3) is 0 Å². The molecular formula is C21H13ClN4O5. The Morgan fingerprint density at radius 1 is 0.968 bits per heavy atom. The van der Waals surface area contributed by atoms with E-state index < -0.39 is 27.1 Å². The molecule has 0 unspecified atom stereocenters. The third kappa shape index (κ3) is 3.86. The molecule has 10 heteroatoms. The molecule has 0 aliphatic carbocycles. The predicted molar refractivity (Wildman–Crippen MR) is 115 cm³/mol. The Labute approximate surface area is 180 Å². The topological polar surface area (TPSA) is 119 Å². The first-order chi connectivity index (χ1) is 14.8. The molecule has 3 aromatic carbocycles. The molecule has 0 fully saturated rings. The highest BCUT2D eigenvalue weighted by Crippen LogP contribution is 2.31. The number of carbonyl (C=O) groups excluding carboxylic acids is 1. The molecule has 0 atom stereocenters. The SMILES string of the molecule is O=C(N=C1c2ccccc2CN1c1cccc(Cl)c1)c1ccc([N+](=O)[O-])cc1[N+](=O)[O-]. The Balaban J connectivity index is 1.82. The molecule has 1 aliphatic rings. The first-order valence-corrected chi connectivity index (χ1v) is 9.40. The van der Waals surface area contributed by atoms with Crippen LogP contribution in [0.3, 0.4) is 0 Å². The molecule has 0 radical (unpaired) electrons. The zero-order valence-electron chi connectivity index (χ0n) is 15.8. The second-order valence-electron chi connectivity index (χ2n) is 6.68. The number of fused-ring (bicyclic) bond motifs is 1. The van der Waals surface area contributed by atoms with E-state index in [1.54, 1.807) is 35.2 Å². The summed E-state index contributed by atoms with van der Waals surface area (Å²) in [5.41, 5.74) is 0.839. The molecule has 31 heavy (non-hydrogen) atoms. The number of nitro groups is 2. The minimum Gasteiger partial charge on any atom is -0.321 e. The second kappa shape index (κ2) is 7.96. The second-order valence-corrected chi connectivity index (χ2v) is 7.12. The van der Waals surface area contributed by atoms with Crippen LogP contribution in [0.1, 0.15) is 21.5 Å². The Kier molecular flexibility index (Phi) is 5.18. The van der Waals surface area contributed by atoms with Crippen molar-refractivity contribution >= 4 is 40.4 Å². The van der Waals surface area contributed by atoms with Crippen LogP contribution in [-0.2, 0) is 6.54 Å². The third-order valence-electron chi connectivity index (χ3n) is 4.79. The average molecular weight is 437 g/mol. The number of carbonyl (C=O) groups is 1. The van der Waals surface area contributed by atoms with E-state index >= 15 is 0 Å². The molecule has 0 spiro atoms. The van der Waals surface area contributed by atoms with E-state index in [0.29, 0.717) is 28.7 Å². The molecule has 0 saturated heterocycles. The lowest BCUT2D eigenvalue weighted by Gasteiger charge is -2.19. The van der Waals surface area contributed by atoms with E-state index in [1.165, 1.54) is 0 Å². The normalized spacial score (nSPS) is 13.8. The maximum Gasteiger partial charge on any atom is 0.289 e. The highest BCUT2D eigenvalue weighted by molar-refractivity contribution is 6.31. The van der Waals surface area contributed by atoms with E-state index in [4.69, 9.17) is 11.6 Å². The van der Waals surface area contributed by atoms with E-state index in [-0.39, 0.29) is 5.56 Å². The van der Waals surface area contributed by atoms with E-state index in [2.05, 4.69) is 4.99 Å². The predicted octanol–water partition coefficient (Wildman–Crippen LogP) is 4.76. The molecule has 0 aromatic heterocycles. The molecule has 4 rings (SSSR count). The fraction of sp³-hybridized carbons (Fsp3) is 0.0476. The van der Waals surface area contributed by atoms with Gasteiger partial charge in [-0.3, -0.25) is 25.0 Å². The highest BCUT2D eigenvalue weighted by Gasteiger charge is 2.30. The van der Waals surface area contributed by atoms with Crippen LogP contribution in [0.15, 0.2) is 71.7 Å². The molecule has 0 bridgehead atoms. The maximum atomic E-state index is 12.9. The average Bonchev–Trinajstić information content (AvgIpc) is 3.11. The van der Waals surface area contributed by atoms with E-state index in [1.807, 2.05) is 18.2 Å². The number of hydrogen-bond acceptors (Lipinski definition) is 5. The number of halogens is 1. The van der Waals surface area contributed by atoms with Gasteiger partial charge in [0.2, 0.25) is 0 Å². The van der Waals surface area contributed by atoms with Crippen LogP contribution in [0.4, 0.5) is 17.1 Å². The minimum atomic E-state index is -0.875. The summed E-state index contributed by atoms with van der Waals surface area (Å²) >= 11 is 6.12. The van der Waals surface area contributed by atoms with Gasteiger partial charge >= 0.3 is 0 Å².